The summed E-state index contributed by atoms with van der Waals surface area (Å²) in [6, 6.07) is 3.39. The lowest BCUT2D eigenvalue weighted by Gasteiger charge is -2.22. The topological polar surface area (TPSA) is 66.9 Å². The second-order valence-electron chi connectivity index (χ2n) is 5.72. The first-order valence-corrected chi connectivity index (χ1v) is 7.74. The lowest BCUT2D eigenvalue weighted by molar-refractivity contribution is 0.0716. The van der Waals surface area contributed by atoms with E-state index in [4.69, 9.17) is 8.83 Å². The number of hydrogen-bond acceptors (Lipinski definition) is 4. The van der Waals surface area contributed by atoms with Crippen LogP contribution in [0.25, 0.3) is 0 Å². The van der Waals surface area contributed by atoms with Crippen LogP contribution in [0.4, 0.5) is 0 Å². The highest BCUT2D eigenvalue weighted by molar-refractivity contribution is 5.96. The standard InChI is InChI=1S/C17H20N2O4/c1-12-14(4-10-22-12)16(20)18-6-3-7-19(9-8-18)17(21)15-5-11-23-13(15)2/h4-5,10-11H,3,6-9H2,1-2H3. The van der Waals surface area contributed by atoms with Crippen molar-refractivity contribution in [3.8, 4) is 0 Å². The minimum atomic E-state index is -0.0370. The second kappa shape index (κ2) is 6.32. The molecule has 2 aromatic heterocycles. The number of rotatable bonds is 2. The lowest BCUT2D eigenvalue weighted by Crippen LogP contribution is -2.37. The van der Waals surface area contributed by atoms with Gasteiger partial charge in [0.2, 0.25) is 0 Å². The van der Waals surface area contributed by atoms with E-state index in [1.807, 2.05) is 0 Å². The molecule has 0 N–H and O–H groups in total. The highest BCUT2D eigenvalue weighted by Crippen LogP contribution is 2.16. The normalized spacial score (nSPS) is 15.6. The Labute approximate surface area is 134 Å². The molecule has 1 aliphatic rings. The summed E-state index contributed by atoms with van der Waals surface area (Å²) in [5, 5.41) is 0. The van der Waals surface area contributed by atoms with Gasteiger partial charge in [0, 0.05) is 26.2 Å². The molecule has 0 atom stereocenters. The number of carbonyl (C=O) groups is 2. The molecule has 0 unspecified atom stereocenters. The molecule has 6 heteroatoms. The Morgan fingerprint density at radius 3 is 1.61 bits per heavy atom. The number of aryl methyl sites for hydroxylation is 2. The van der Waals surface area contributed by atoms with Gasteiger partial charge in [0.15, 0.2) is 0 Å². The molecule has 0 aromatic carbocycles. The fourth-order valence-electron chi connectivity index (χ4n) is 2.88. The zero-order chi connectivity index (χ0) is 16.4. The first-order chi connectivity index (χ1) is 11.1. The molecule has 0 spiro atoms. The first-order valence-electron chi connectivity index (χ1n) is 7.74. The van der Waals surface area contributed by atoms with E-state index in [-0.39, 0.29) is 11.8 Å². The monoisotopic (exact) mass is 316 g/mol. The SMILES string of the molecule is Cc1occc1C(=O)N1CCCN(C(=O)c2ccoc2C)CC1. The summed E-state index contributed by atoms with van der Waals surface area (Å²) in [6.45, 7) is 5.87. The summed E-state index contributed by atoms with van der Waals surface area (Å²) >= 11 is 0. The van der Waals surface area contributed by atoms with E-state index in [1.165, 1.54) is 12.5 Å². The van der Waals surface area contributed by atoms with Crippen molar-refractivity contribution in [2.45, 2.75) is 20.3 Å². The summed E-state index contributed by atoms with van der Waals surface area (Å²) in [4.78, 5) is 28.7. The summed E-state index contributed by atoms with van der Waals surface area (Å²) in [5.41, 5.74) is 1.19. The fraction of sp³-hybridized carbons (Fsp3) is 0.412. The number of furan rings is 2. The molecule has 6 nitrogen and oxygen atoms in total. The predicted molar refractivity (Wildman–Crippen MR) is 83.3 cm³/mol. The average molecular weight is 316 g/mol. The molecule has 3 rings (SSSR count). The Balaban J connectivity index is 1.68. The Hall–Kier alpha value is -2.50. The van der Waals surface area contributed by atoms with E-state index < -0.39 is 0 Å². The Morgan fingerprint density at radius 2 is 1.26 bits per heavy atom. The van der Waals surface area contributed by atoms with E-state index in [2.05, 4.69) is 0 Å². The molecule has 2 amide bonds. The van der Waals surface area contributed by atoms with Crippen molar-refractivity contribution in [1.82, 2.24) is 9.80 Å². The molecule has 0 saturated carbocycles. The van der Waals surface area contributed by atoms with E-state index in [1.54, 1.807) is 35.8 Å². The van der Waals surface area contributed by atoms with Gasteiger partial charge in [-0.25, -0.2) is 0 Å². The van der Waals surface area contributed by atoms with Crippen LogP contribution in [0, 0.1) is 13.8 Å². The highest BCUT2D eigenvalue weighted by atomic mass is 16.3. The number of carbonyl (C=O) groups excluding carboxylic acids is 2. The van der Waals surface area contributed by atoms with Crippen LogP contribution in [0.1, 0.15) is 38.7 Å². The van der Waals surface area contributed by atoms with E-state index in [9.17, 15) is 9.59 Å². The van der Waals surface area contributed by atoms with Gasteiger partial charge in [-0.2, -0.15) is 0 Å². The predicted octanol–water partition coefficient (Wildman–Crippen LogP) is 2.48. The fourth-order valence-corrected chi connectivity index (χ4v) is 2.88. The van der Waals surface area contributed by atoms with E-state index in [0.717, 1.165) is 6.42 Å². The summed E-state index contributed by atoms with van der Waals surface area (Å²) < 4.78 is 10.4. The molecule has 0 aliphatic carbocycles. The summed E-state index contributed by atoms with van der Waals surface area (Å²) in [7, 11) is 0. The Kier molecular flexibility index (Phi) is 4.23. The maximum absolute atomic E-state index is 12.5. The van der Waals surface area contributed by atoms with Crippen molar-refractivity contribution in [3.63, 3.8) is 0 Å². The van der Waals surface area contributed by atoms with Gasteiger partial charge in [0.1, 0.15) is 11.5 Å². The van der Waals surface area contributed by atoms with Crippen molar-refractivity contribution in [3.05, 3.63) is 47.3 Å². The van der Waals surface area contributed by atoms with Crippen molar-refractivity contribution >= 4 is 11.8 Å². The van der Waals surface area contributed by atoms with Crippen molar-refractivity contribution in [1.29, 1.82) is 0 Å². The maximum atomic E-state index is 12.5. The van der Waals surface area contributed by atoms with Gasteiger partial charge in [-0.3, -0.25) is 9.59 Å². The van der Waals surface area contributed by atoms with Gasteiger partial charge < -0.3 is 18.6 Å². The quantitative estimate of drug-likeness (QED) is 0.853. The van der Waals surface area contributed by atoms with Crippen LogP contribution in [-0.2, 0) is 0 Å². The zero-order valence-corrected chi connectivity index (χ0v) is 13.4. The van der Waals surface area contributed by atoms with E-state index in [0.29, 0.717) is 48.8 Å². The minimum absolute atomic E-state index is 0.0370. The highest BCUT2D eigenvalue weighted by Gasteiger charge is 2.26. The second-order valence-corrected chi connectivity index (χ2v) is 5.72. The van der Waals surface area contributed by atoms with Crippen LogP contribution in [0.2, 0.25) is 0 Å². The van der Waals surface area contributed by atoms with Crippen molar-refractivity contribution < 1.29 is 18.4 Å². The molecule has 0 radical (unpaired) electrons. The van der Waals surface area contributed by atoms with Gasteiger partial charge in [-0.1, -0.05) is 0 Å². The molecular weight excluding hydrogens is 296 g/mol. The average Bonchev–Trinajstić information content (AvgIpc) is 3.07. The largest absolute Gasteiger partial charge is 0.469 e. The zero-order valence-electron chi connectivity index (χ0n) is 13.4. The lowest BCUT2D eigenvalue weighted by atomic mass is 10.2. The third-order valence-corrected chi connectivity index (χ3v) is 4.25. The molecule has 3 heterocycles. The van der Waals surface area contributed by atoms with Crippen LogP contribution in [0.15, 0.2) is 33.5 Å². The van der Waals surface area contributed by atoms with Crippen LogP contribution in [0.5, 0.6) is 0 Å². The van der Waals surface area contributed by atoms with Crippen LogP contribution in [-0.4, -0.2) is 47.8 Å². The number of amides is 2. The van der Waals surface area contributed by atoms with Crippen LogP contribution >= 0.6 is 0 Å². The molecule has 1 fully saturated rings. The summed E-state index contributed by atoms with van der Waals surface area (Å²) in [6.07, 6.45) is 3.81. The number of nitrogens with zero attached hydrogens (tertiary/aromatic N) is 2. The smallest absolute Gasteiger partial charge is 0.257 e. The molecule has 1 aliphatic heterocycles. The van der Waals surface area contributed by atoms with Gasteiger partial charge >= 0.3 is 0 Å². The molecule has 0 bridgehead atoms. The van der Waals surface area contributed by atoms with E-state index >= 15 is 0 Å². The number of hydrogen-bond donors (Lipinski definition) is 0. The van der Waals surface area contributed by atoms with Gasteiger partial charge in [-0.15, -0.1) is 0 Å². The minimum Gasteiger partial charge on any atom is -0.469 e. The molecule has 2 aromatic rings. The molecule has 1 saturated heterocycles. The first kappa shape index (κ1) is 15.4. The van der Waals surface area contributed by atoms with Crippen LogP contribution < -0.4 is 0 Å². The Bertz CT molecular complexity index is 656. The van der Waals surface area contributed by atoms with Crippen LogP contribution in [0.3, 0.4) is 0 Å². The van der Waals surface area contributed by atoms with Gasteiger partial charge in [0.25, 0.3) is 11.8 Å². The third-order valence-electron chi connectivity index (χ3n) is 4.25. The van der Waals surface area contributed by atoms with Gasteiger partial charge in [0.05, 0.1) is 23.7 Å². The molecular formula is C17H20N2O4. The van der Waals surface area contributed by atoms with Crippen molar-refractivity contribution in [2.24, 2.45) is 0 Å². The van der Waals surface area contributed by atoms with Gasteiger partial charge in [-0.05, 0) is 32.4 Å². The Morgan fingerprint density at radius 1 is 0.826 bits per heavy atom. The molecule has 122 valence electrons. The summed E-state index contributed by atoms with van der Waals surface area (Å²) in [5.74, 6) is 1.18. The third kappa shape index (κ3) is 3.02. The van der Waals surface area contributed by atoms with Crippen molar-refractivity contribution in [2.75, 3.05) is 26.2 Å². The molecule has 23 heavy (non-hydrogen) atoms. The maximum Gasteiger partial charge on any atom is 0.257 e.